The van der Waals surface area contributed by atoms with Crippen LogP contribution in [0.5, 0.6) is 5.75 Å². The summed E-state index contributed by atoms with van der Waals surface area (Å²) in [4.78, 5) is 25.7. The predicted octanol–water partition coefficient (Wildman–Crippen LogP) is 4.62. The molecule has 0 spiro atoms. The minimum Gasteiger partial charge on any atom is -0.497 e. The normalized spacial score (nSPS) is 14.5. The zero-order valence-corrected chi connectivity index (χ0v) is 19.8. The molecule has 1 N–H and O–H groups in total. The Morgan fingerprint density at radius 3 is 2.59 bits per heavy atom. The summed E-state index contributed by atoms with van der Waals surface area (Å²) in [6.07, 6.45) is 4.54. The van der Waals surface area contributed by atoms with E-state index >= 15 is 0 Å². The first-order valence-corrected chi connectivity index (χ1v) is 11.1. The zero-order valence-electron chi connectivity index (χ0n) is 19.8. The second-order valence-electron chi connectivity index (χ2n) is 9.40. The Hall–Kier alpha value is -3.69. The van der Waals surface area contributed by atoms with E-state index in [0.717, 1.165) is 23.2 Å². The third kappa shape index (κ3) is 5.27. The topological polar surface area (TPSA) is 100 Å². The maximum absolute atomic E-state index is 13.9. The molecule has 2 heterocycles. The molecule has 1 saturated carbocycles. The number of hydrogen-bond donors (Lipinski definition) is 1. The Labute approximate surface area is 196 Å². The highest BCUT2D eigenvalue weighted by molar-refractivity contribution is 5.96. The molecule has 1 aliphatic carbocycles. The number of benzene rings is 1. The molecule has 1 aromatic carbocycles. The van der Waals surface area contributed by atoms with E-state index in [1.165, 1.54) is 23.9 Å². The molecule has 0 bridgehead atoms. The minimum absolute atomic E-state index is 0.259. The lowest BCUT2D eigenvalue weighted by molar-refractivity contribution is -0.117. The molecule has 2 aromatic heterocycles. The number of amides is 1. The van der Waals surface area contributed by atoms with Crippen molar-refractivity contribution in [2.24, 2.45) is 0 Å². The van der Waals surface area contributed by atoms with Gasteiger partial charge in [0.15, 0.2) is 0 Å². The molecule has 34 heavy (non-hydrogen) atoms. The van der Waals surface area contributed by atoms with E-state index in [-0.39, 0.29) is 11.7 Å². The van der Waals surface area contributed by atoms with Crippen molar-refractivity contribution in [1.29, 1.82) is 0 Å². The molecule has 180 valence electrons. The van der Waals surface area contributed by atoms with Gasteiger partial charge in [-0.25, -0.2) is 13.9 Å². The molecule has 0 aliphatic heterocycles. The molecule has 9 nitrogen and oxygen atoms in total. The number of nitrogens with one attached hydrogen (secondary N) is 1. The van der Waals surface area contributed by atoms with Crippen LogP contribution in [-0.2, 0) is 9.53 Å². The number of carbonyl (C=O) groups is 2. The third-order valence-electron chi connectivity index (χ3n) is 5.39. The van der Waals surface area contributed by atoms with E-state index in [1.54, 1.807) is 52.2 Å². The molecule has 4 rings (SSSR count). The van der Waals surface area contributed by atoms with Crippen molar-refractivity contribution in [2.75, 3.05) is 12.4 Å². The Morgan fingerprint density at radius 2 is 1.94 bits per heavy atom. The maximum atomic E-state index is 13.9. The summed E-state index contributed by atoms with van der Waals surface area (Å²) in [5, 5.41) is 11.4. The monoisotopic (exact) mass is 469 g/mol. The number of nitrogens with zero attached hydrogens (tertiary/aromatic N) is 4. The average molecular weight is 470 g/mol. The van der Waals surface area contributed by atoms with Crippen molar-refractivity contribution in [3.63, 3.8) is 0 Å². The predicted molar refractivity (Wildman–Crippen MR) is 123 cm³/mol. The first-order chi connectivity index (χ1) is 16.0. The van der Waals surface area contributed by atoms with Crippen molar-refractivity contribution in [1.82, 2.24) is 19.6 Å². The highest BCUT2D eigenvalue weighted by Crippen LogP contribution is 2.40. The molecular formula is C24H28FN5O4. The number of methoxy groups -OCH3 is 1. The Morgan fingerprint density at radius 1 is 1.21 bits per heavy atom. The lowest BCUT2D eigenvalue weighted by Crippen LogP contribution is -2.29. The number of carbonyl (C=O) groups excluding carboxylic acids is 2. The lowest BCUT2D eigenvalue weighted by atomic mass is 10.0. The van der Waals surface area contributed by atoms with Gasteiger partial charge in [0, 0.05) is 35.9 Å². The number of rotatable bonds is 6. The van der Waals surface area contributed by atoms with Crippen LogP contribution >= 0.6 is 0 Å². The van der Waals surface area contributed by atoms with Gasteiger partial charge < -0.3 is 14.8 Å². The molecular weight excluding hydrogens is 441 g/mol. The SMILES string of the molecule is COc1cc(F)cc(-n2cc(C(C)C(=O)Nc3cc(C4CC4)nn3C(=O)OC(C)(C)C)cn2)c1. The molecule has 0 saturated heterocycles. The van der Waals surface area contributed by atoms with Crippen molar-refractivity contribution in [3.8, 4) is 11.4 Å². The summed E-state index contributed by atoms with van der Waals surface area (Å²) < 4.78 is 27.0. The number of aromatic nitrogens is 4. The summed E-state index contributed by atoms with van der Waals surface area (Å²) in [7, 11) is 1.45. The molecule has 1 amide bonds. The Kier molecular flexibility index (Phi) is 6.16. The summed E-state index contributed by atoms with van der Waals surface area (Å²) in [5.74, 6) is -0.494. The summed E-state index contributed by atoms with van der Waals surface area (Å²) in [6.45, 7) is 7.02. The quantitative estimate of drug-likeness (QED) is 0.565. The Bertz CT molecular complexity index is 1220. The molecule has 1 atom stereocenters. The van der Waals surface area contributed by atoms with Crippen LogP contribution in [0.4, 0.5) is 15.0 Å². The largest absolute Gasteiger partial charge is 0.497 e. The number of hydrogen-bond acceptors (Lipinski definition) is 6. The van der Waals surface area contributed by atoms with Gasteiger partial charge in [-0.1, -0.05) is 0 Å². The van der Waals surface area contributed by atoms with Crippen LogP contribution in [0.25, 0.3) is 5.69 Å². The van der Waals surface area contributed by atoms with Crippen LogP contribution < -0.4 is 10.1 Å². The smallest absolute Gasteiger partial charge is 0.437 e. The second kappa shape index (κ2) is 8.92. The second-order valence-corrected chi connectivity index (χ2v) is 9.40. The molecule has 1 fully saturated rings. The average Bonchev–Trinajstić information content (AvgIpc) is 3.33. The van der Waals surface area contributed by atoms with Crippen LogP contribution in [0.3, 0.4) is 0 Å². The fourth-order valence-electron chi connectivity index (χ4n) is 3.40. The van der Waals surface area contributed by atoms with Crippen LogP contribution in [0.2, 0.25) is 0 Å². The number of ether oxygens (including phenoxy) is 2. The first-order valence-electron chi connectivity index (χ1n) is 11.1. The summed E-state index contributed by atoms with van der Waals surface area (Å²) in [5.41, 5.74) is 1.13. The summed E-state index contributed by atoms with van der Waals surface area (Å²) >= 11 is 0. The van der Waals surface area contributed by atoms with E-state index in [9.17, 15) is 14.0 Å². The van der Waals surface area contributed by atoms with E-state index in [1.807, 2.05) is 0 Å². The first kappa shape index (κ1) is 23.5. The van der Waals surface area contributed by atoms with Gasteiger partial charge in [-0.3, -0.25) is 4.79 Å². The van der Waals surface area contributed by atoms with Gasteiger partial charge in [-0.2, -0.15) is 10.2 Å². The van der Waals surface area contributed by atoms with E-state index in [2.05, 4.69) is 15.5 Å². The molecule has 10 heteroatoms. The van der Waals surface area contributed by atoms with Crippen LogP contribution in [0.1, 0.15) is 63.6 Å². The van der Waals surface area contributed by atoms with Gasteiger partial charge in [-0.15, -0.1) is 4.68 Å². The van der Waals surface area contributed by atoms with Crippen LogP contribution in [0, 0.1) is 5.82 Å². The third-order valence-corrected chi connectivity index (χ3v) is 5.39. The highest BCUT2D eigenvalue weighted by atomic mass is 19.1. The van der Waals surface area contributed by atoms with E-state index in [4.69, 9.17) is 9.47 Å². The van der Waals surface area contributed by atoms with Gasteiger partial charge >= 0.3 is 6.09 Å². The van der Waals surface area contributed by atoms with Crippen molar-refractivity contribution in [3.05, 3.63) is 53.7 Å². The van der Waals surface area contributed by atoms with E-state index < -0.39 is 23.4 Å². The van der Waals surface area contributed by atoms with E-state index in [0.29, 0.717) is 22.9 Å². The highest BCUT2D eigenvalue weighted by Gasteiger charge is 2.31. The van der Waals surface area contributed by atoms with Crippen molar-refractivity contribution < 1.29 is 23.5 Å². The number of anilines is 1. The zero-order chi connectivity index (χ0) is 24.6. The molecule has 1 aliphatic rings. The van der Waals surface area contributed by atoms with Crippen LogP contribution in [0.15, 0.2) is 36.7 Å². The van der Waals surface area contributed by atoms with Gasteiger partial charge in [0.2, 0.25) is 5.91 Å². The standard InChI is InChI=1S/C24H28FN5O4/c1-14(16-12-26-29(13-16)18-8-17(25)9-19(10-18)33-5)22(31)27-21-11-20(15-6-7-15)28-30(21)23(32)34-24(2,3)4/h8-15H,6-7H2,1-5H3,(H,27,31). The fraction of sp³-hybridized carbons (Fsp3) is 0.417. The number of halogens is 1. The van der Waals surface area contributed by atoms with Gasteiger partial charge in [0.25, 0.3) is 0 Å². The molecule has 0 radical (unpaired) electrons. The minimum atomic E-state index is -0.703. The van der Waals surface area contributed by atoms with Gasteiger partial charge in [-0.05, 0) is 46.6 Å². The van der Waals surface area contributed by atoms with Gasteiger partial charge in [0.1, 0.15) is 23.0 Å². The molecule has 3 aromatic rings. The lowest BCUT2D eigenvalue weighted by Gasteiger charge is -2.20. The fourth-order valence-corrected chi connectivity index (χ4v) is 3.40. The molecule has 1 unspecified atom stereocenters. The van der Waals surface area contributed by atoms with Gasteiger partial charge in [0.05, 0.1) is 30.6 Å². The van der Waals surface area contributed by atoms with Crippen molar-refractivity contribution >= 4 is 17.8 Å². The Balaban J connectivity index is 1.53. The summed E-state index contributed by atoms with van der Waals surface area (Å²) in [6, 6.07) is 5.95. The maximum Gasteiger partial charge on any atom is 0.437 e. The van der Waals surface area contributed by atoms with Crippen LogP contribution in [-0.4, -0.2) is 44.3 Å². The van der Waals surface area contributed by atoms with Crippen molar-refractivity contribution in [2.45, 2.75) is 58.0 Å².